The van der Waals surface area contributed by atoms with Gasteiger partial charge in [-0.3, -0.25) is 0 Å². The van der Waals surface area contributed by atoms with E-state index in [1.54, 1.807) is 17.6 Å². The van der Waals surface area contributed by atoms with Crippen molar-refractivity contribution in [3.05, 3.63) is 28.1 Å². The molecule has 0 bridgehead atoms. The molecule has 0 aromatic carbocycles. The minimum absolute atomic E-state index is 0.569. The van der Waals surface area contributed by atoms with Crippen LogP contribution >= 0.6 is 11.3 Å². The number of hydrogen-bond acceptors (Lipinski definition) is 5. The molecule has 0 radical (unpaired) electrons. The maximum Gasteiger partial charge on any atom is 0.111 e. The van der Waals surface area contributed by atoms with E-state index in [0.717, 1.165) is 13.0 Å². The Labute approximate surface area is 117 Å². The van der Waals surface area contributed by atoms with E-state index >= 15 is 0 Å². The molecule has 1 aliphatic heterocycles. The van der Waals surface area contributed by atoms with Gasteiger partial charge in [-0.15, -0.1) is 0 Å². The molecule has 0 unspecified atom stereocenters. The highest BCUT2D eigenvalue weighted by molar-refractivity contribution is 7.08. The average molecular weight is 284 g/mol. The minimum Gasteiger partial charge on any atom is -0.499 e. The maximum absolute atomic E-state index is 5.54. The second-order valence-corrected chi connectivity index (χ2v) is 4.86. The molecule has 0 saturated carbocycles. The molecule has 0 spiro atoms. The fourth-order valence-corrected chi connectivity index (χ4v) is 2.57. The van der Waals surface area contributed by atoms with Crippen molar-refractivity contribution in [2.75, 3.05) is 46.2 Å². The van der Waals surface area contributed by atoms with Gasteiger partial charge in [-0.2, -0.15) is 11.3 Å². The third kappa shape index (κ3) is 5.74. The summed E-state index contributed by atoms with van der Waals surface area (Å²) in [6.07, 6.45) is 4.66. The fraction of sp³-hybridized carbons (Fsp3) is 0.571. The molecular formula is C14H20O4S. The molecule has 1 aliphatic rings. The highest BCUT2D eigenvalue weighted by Gasteiger charge is 2.01. The molecule has 19 heavy (non-hydrogen) atoms. The van der Waals surface area contributed by atoms with Gasteiger partial charge in [0.15, 0.2) is 0 Å². The third-order valence-corrected chi connectivity index (χ3v) is 3.54. The van der Waals surface area contributed by atoms with E-state index in [1.165, 1.54) is 11.1 Å². The highest BCUT2D eigenvalue weighted by atomic mass is 32.1. The van der Waals surface area contributed by atoms with Crippen molar-refractivity contribution in [3.8, 4) is 0 Å². The molecule has 2 heterocycles. The van der Waals surface area contributed by atoms with E-state index in [9.17, 15) is 0 Å². The van der Waals surface area contributed by atoms with Gasteiger partial charge in [0.2, 0.25) is 0 Å². The Morgan fingerprint density at radius 1 is 0.789 bits per heavy atom. The number of thiophene rings is 1. The summed E-state index contributed by atoms with van der Waals surface area (Å²) in [6.45, 7) is 4.34. The zero-order chi connectivity index (χ0) is 13.2. The van der Waals surface area contributed by atoms with Gasteiger partial charge in [0.05, 0.1) is 45.9 Å². The summed E-state index contributed by atoms with van der Waals surface area (Å²) >= 11 is 1.70. The van der Waals surface area contributed by atoms with Crippen LogP contribution in [0, 0.1) is 0 Å². The lowest BCUT2D eigenvalue weighted by Crippen LogP contribution is -2.12. The largest absolute Gasteiger partial charge is 0.499 e. The average Bonchev–Trinajstić information content (AvgIpc) is 2.85. The molecular weight excluding hydrogens is 264 g/mol. The Bertz CT molecular complexity index is 375. The van der Waals surface area contributed by atoms with Gasteiger partial charge >= 0.3 is 0 Å². The molecule has 0 N–H and O–H groups in total. The summed E-state index contributed by atoms with van der Waals surface area (Å²) in [5.74, 6) is 0. The van der Waals surface area contributed by atoms with Crippen molar-refractivity contribution >= 4 is 17.4 Å². The van der Waals surface area contributed by atoms with E-state index in [0.29, 0.717) is 39.6 Å². The van der Waals surface area contributed by atoms with Crippen molar-refractivity contribution in [1.82, 2.24) is 0 Å². The normalized spacial score (nSPS) is 21.3. The molecule has 5 heteroatoms. The van der Waals surface area contributed by atoms with E-state index in [1.807, 2.05) is 6.08 Å². The number of rotatable bonds is 0. The summed E-state index contributed by atoms with van der Waals surface area (Å²) in [6, 6.07) is 0. The van der Waals surface area contributed by atoms with Gasteiger partial charge in [-0.25, -0.2) is 0 Å². The first-order chi connectivity index (χ1) is 9.47. The Kier molecular flexibility index (Phi) is 6.95. The zero-order valence-corrected chi connectivity index (χ0v) is 11.8. The molecule has 106 valence electrons. The van der Waals surface area contributed by atoms with Crippen LogP contribution in [0.25, 0.3) is 6.08 Å². The molecule has 2 rings (SSSR count). The molecule has 0 amide bonds. The van der Waals surface area contributed by atoms with Crippen molar-refractivity contribution in [3.63, 3.8) is 0 Å². The molecule has 1 aromatic rings. The lowest BCUT2D eigenvalue weighted by Gasteiger charge is -2.08. The van der Waals surface area contributed by atoms with Gasteiger partial charge < -0.3 is 18.9 Å². The summed E-state index contributed by atoms with van der Waals surface area (Å²) in [5, 5.41) is 4.28. The van der Waals surface area contributed by atoms with Crippen LogP contribution in [-0.4, -0.2) is 46.2 Å². The van der Waals surface area contributed by atoms with Crippen LogP contribution < -0.4 is 0 Å². The quantitative estimate of drug-likeness (QED) is 0.733. The van der Waals surface area contributed by atoms with Gasteiger partial charge in [0, 0.05) is 0 Å². The molecule has 0 fully saturated rings. The number of fused-ring (bicyclic) bond motifs is 1. The number of ether oxygens (including phenoxy) is 4. The van der Waals surface area contributed by atoms with Gasteiger partial charge in [-0.05, 0) is 34.4 Å². The summed E-state index contributed by atoms with van der Waals surface area (Å²) in [4.78, 5) is 0. The highest BCUT2D eigenvalue weighted by Crippen LogP contribution is 2.17. The smallest absolute Gasteiger partial charge is 0.111 e. The van der Waals surface area contributed by atoms with E-state index in [2.05, 4.69) is 10.8 Å². The molecule has 1 aromatic heterocycles. The SMILES string of the molecule is C1=C/c2cscc2CCOCCOCCOCCO/1. The van der Waals surface area contributed by atoms with Crippen molar-refractivity contribution in [2.24, 2.45) is 0 Å². The maximum atomic E-state index is 5.54. The summed E-state index contributed by atoms with van der Waals surface area (Å²) in [7, 11) is 0. The van der Waals surface area contributed by atoms with Gasteiger partial charge in [0.25, 0.3) is 0 Å². The Morgan fingerprint density at radius 2 is 1.47 bits per heavy atom. The van der Waals surface area contributed by atoms with Crippen LogP contribution in [0.3, 0.4) is 0 Å². The monoisotopic (exact) mass is 284 g/mol. The standard InChI is InChI=1S/C14H20O4S/c1-3-15-5-7-17-9-10-18-8-6-16-4-2-14-12-19-11-13(1)14/h1,3,11-12H,2,4-10H2/b3-1+. The Morgan fingerprint density at radius 3 is 2.26 bits per heavy atom. The molecule has 0 aliphatic carbocycles. The molecule has 0 atom stereocenters. The Hall–Kier alpha value is -0.880. The topological polar surface area (TPSA) is 36.9 Å². The lowest BCUT2D eigenvalue weighted by atomic mass is 10.1. The first-order valence-corrected chi connectivity index (χ1v) is 7.47. The van der Waals surface area contributed by atoms with Crippen molar-refractivity contribution in [1.29, 1.82) is 0 Å². The van der Waals surface area contributed by atoms with Crippen LogP contribution in [0.2, 0.25) is 0 Å². The van der Waals surface area contributed by atoms with Gasteiger partial charge in [0.1, 0.15) is 6.61 Å². The fourth-order valence-electron chi connectivity index (χ4n) is 1.70. The summed E-state index contributed by atoms with van der Waals surface area (Å²) in [5.41, 5.74) is 2.51. The first-order valence-electron chi connectivity index (χ1n) is 6.53. The lowest BCUT2D eigenvalue weighted by molar-refractivity contribution is 0.00696. The van der Waals surface area contributed by atoms with E-state index < -0.39 is 0 Å². The van der Waals surface area contributed by atoms with Crippen molar-refractivity contribution in [2.45, 2.75) is 6.42 Å². The van der Waals surface area contributed by atoms with Crippen LogP contribution in [0.15, 0.2) is 17.0 Å². The second-order valence-electron chi connectivity index (χ2n) is 4.11. The van der Waals surface area contributed by atoms with Gasteiger partial charge in [-0.1, -0.05) is 0 Å². The van der Waals surface area contributed by atoms with Crippen molar-refractivity contribution < 1.29 is 18.9 Å². The number of hydrogen-bond donors (Lipinski definition) is 0. The predicted molar refractivity (Wildman–Crippen MR) is 75.5 cm³/mol. The van der Waals surface area contributed by atoms with Crippen LogP contribution in [0.4, 0.5) is 0 Å². The first kappa shape index (κ1) is 14.5. The third-order valence-electron chi connectivity index (χ3n) is 2.73. The Balaban J connectivity index is 1.85. The van der Waals surface area contributed by atoms with Crippen LogP contribution in [-0.2, 0) is 25.4 Å². The predicted octanol–water partition coefficient (Wildman–Crippen LogP) is 2.34. The molecule has 0 saturated heterocycles. The second kappa shape index (κ2) is 9.09. The molecule has 4 nitrogen and oxygen atoms in total. The minimum atomic E-state index is 0.569. The summed E-state index contributed by atoms with van der Waals surface area (Å²) < 4.78 is 21.7. The van der Waals surface area contributed by atoms with E-state index in [4.69, 9.17) is 18.9 Å². The van der Waals surface area contributed by atoms with Crippen LogP contribution in [0.1, 0.15) is 11.1 Å². The van der Waals surface area contributed by atoms with Crippen LogP contribution in [0.5, 0.6) is 0 Å². The zero-order valence-electron chi connectivity index (χ0n) is 11.0. The van der Waals surface area contributed by atoms with E-state index in [-0.39, 0.29) is 0 Å².